The van der Waals surface area contributed by atoms with Gasteiger partial charge in [0.25, 0.3) is 0 Å². The van der Waals surface area contributed by atoms with Crippen molar-refractivity contribution < 1.29 is 9.53 Å². The Hall–Kier alpha value is -3.03. The van der Waals surface area contributed by atoms with Crippen molar-refractivity contribution in [1.29, 1.82) is 0 Å². The second-order valence-corrected chi connectivity index (χ2v) is 8.71. The third-order valence-electron chi connectivity index (χ3n) is 5.84. The van der Waals surface area contributed by atoms with E-state index in [9.17, 15) is 4.79 Å². The zero-order valence-electron chi connectivity index (χ0n) is 18.8. The molecule has 1 fully saturated rings. The Morgan fingerprint density at radius 2 is 2.06 bits per heavy atom. The van der Waals surface area contributed by atoms with Gasteiger partial charge in [0.1, 0.15) is 5.75 Å². The molecule has 1 unspecified atom stereocenters. The highest BCUT2D eigenvalue weighted by Gasteiger charge is 2.15. The van der Waals surface area contributed by atoms with E-state index >= 15 is 0 Å². The Morgan fingerprint density at radius 1 is 1.21 bits per heavy atom. The van der Waals surface area contributed by atoms with E-state index in [0.717, 1.165) is 35.5 Å². The number of hydrogen-bond acceptors (Lipinski definition) is 4. The molecule has 1 aliphatic heterocycles. The number of amides is 2. The summed E-state index contributed by atoms with van der Waals surface area (Å²) >= 11 is 5.91. The summed E-state index contributed by atoms with van der Waals surface area (Å²) < 4.78 is 7.97. The third-order valence-corrected chi connectivity index (χ3v) is 6.09. The molecule has 1 aliphatic rings. The lowest BCUT2D eigenvalue weighted by atomic mass is 10.0. The molecule has 0 spiro atoms. The predicted octanol–water partition coefficient (Wildman–Crippen LogP) is 4.97. The number of nitrogens with zero attached hydrogens (tertiary/aromatic N) is 2. The van der Waals surface area contributed by atoms with Crippen molar-refractivity contribution in [3.8, 4) is 17.0 Å². The Bertz CT molecular complexity index is 1060. The molecule has 0 radical (unpaired) electrons. The van der Waals surface area contributed by atoms with E-state index in [1.54, 1.807) is 23.0 Å². The average molecular weight is 468 g/mol. The van der Waals surface area contributed by atoms with Gasteiger partial charge in [-0.25, -0.2) is 4.79 Å². The molecule has 3 aromatic rings. The van der Waals surface area contributed by atoms with E-state index < -0.39 is 0 Å². The molecular weight excluding hydrogens is 438 g/mol. The first-order valence-electron chi connectivity index (χ1n) is 11.4. The monoisotopic (exact) mass is 467 g/mol. The van der Waals surface area contributed by atoms with Gasteiger partial charge in [0.2, 0.25) is 0 Å². The van der Waals surface area contributed by atoms with Gasteiger partial charge < -0.3 is 20.7 Å². The molecule has 2 heterocycles. The van der Waals surface area contributed by atoms with Crippen LogP contribution in [-0.2, 0) is 13.6 Å². The first-order chi connectivity index (χ1) is 16.1. The van der Waals surface area contributed by atoms with Crippen LogP contribution >= 0.6 is 11.6 Å². The number of rotatable bonds is 8. The minimum atomic E-state index is -0.280. The van der Waals surface area contributed by atoms with Crippen LogP contribution in [0, 0.1) is 0 Å². The Morgan fingerprint density at radius 3 is 2.79 bits per heavy atom. The third kappa shape index (κ3) is 6.49. The van der Waals surface area contributed by atoms with E-state index in [4.69, 9.17) is 16.3 Å². The molecule has 2 amide bonds. The van der Waals surface area contributed by atoms with Crippen LogP contribution < -0.4 is 20.7 Å². The maximum Gasteiger partial charge on any atom is 0.319 e. The fourth-order valence-corrected chi connectivity index (χ4v) is 4.14. The van der Waals surface area contributed by atoms with Crippen molar-refractivity contribution in [2.45, 2.75) is 38.3 Å². The first kappa shape index (κ1) is 23.1. The van der Waals surface area contributed by atoms with Crippen molar-refractivity contribution in [1.82, 2.24) is 20.4 Å². The highest BCUT2D eigenvalue weighted by molar-refractivity contribution is 6.30. The summed E-state index contributed by atoms with van der Waals surface area (Å²) in [4.78, 5) is 12.4. The summed E-state index contributed by atoms with van der Waals surface area (Å²) in [7, 11) is 1.89. The van der Waals surface area contributed by atoms with Gasteiger partial charge in [0.05, 0.1) is 12.3 Å². The number of carbonyl (C=O) groups excluding carboxylic acids is 1. The first-order valence-corrected chi connectivity index (χ1v) is 11.7. The van der Waals surface area contributed by atoms with Crippen LogP contribution in [-0.4, -0.2) is 35.0 Å². The average Bonchev–Trinajstić information content (AvgIpc) is 3.26. The second-order valence-electron chi connectivity index (χ2n) is 8.27. The summed E-state index contributed by atoms with van der Waals surface area (Å²) in [6.45, 7) is 2.14. The van der Waals surface area contributed by atoms with Gasteiger partial charge in [-0.15, -0.1) is 0 Å². The van der Waals surface area contributed by atoms with Crippen LogP contribution in [0.4, 0.5) is 10.5 Å². The highest BCUT2D eigenvalue weighted by Crippen LogP contribution is 2.32. The van der Waals surface area contributed by atoms with Gasteiger partial charge in [0.15, 0.2) is 0 Å². The number of ether oxygens (including phenoxy) is 1. The van der Waals surface area contributed by atoms with E-state index in [1.807, 2.05) is 43.4 Å². The minimum absolute atomic E-state index is 0.280. The van der Waals surface area contributed by atoms with E-state index in [1.165, 1.54) is 19.3 Å². The van der Waals surface area contributed by atoms with Crippen LogP contribution in [0.25, 0.3) is 11.3 Å². The number of urea groups is 1. The molecular formula is C25H30ClN5O2. The molecule has 2 aromatic carbocycles. The number of hydrogen-bond donors (Lipinski definition) is 3. The molecule has 0 bridgehead atoms. The number of nitrogens with one attached hydrogen (secondary N) is 3. The molecule has 1 aromatic heterocycles. The molecule has 174 valence electrons. The molecule has 8 heteroatoms. The van der Waals surface area contributed by atoms with Gasteiger partial charge in [-0.05, 0) is 67.8 Å². The van der Waals surface area contributed by atoms with Gasteiger partial charge in [-0.1, -0.05) is 30.2 Å². The molecule has 0 aliphatic carbocycles. The van der Waals surface area contributed by atoms with Crippen molar-refractivity contribution in [2.24, 2.45) is 7.05 Å². The maximum atomic E-state index is 12.4. The number of anilines is 1. The smallest absolute Gasteiger partial charge is 0.319 e. The predicted molar refractivity (Wildman–Crippen MR) is 132 cm³/mol. The van der Waals surface area contributed by atoms with Crippen molar-refractivity contribution >= 4 is 23.3 Å². The number of aryl methyl sites for hydroxylation is 1. The van der Waals surface area contributed by atoms with Crippen molar-refractivity contribution in [3.63, 3.8) is 0 Å². The molecule has 7 nitrogen and oxygen atoms in total. The normalized spacial score (nSPS) is 15.8. The molecule has 33 heavy (non-hydrogen) atoms. The number of piperidine rings is 1. The van der Waals surface area contributed by atoms with E-state index in [0.29, 0.717) is 29.9 Å². The van der Waals surface area contributed by atoms with E-state index in [-0.39, 0.29) is 6.03 Å². The number of halogens is 1. The summed E-state index contributed by atoms with van der Waals surface area (Å²) in [5.74, 6) is 0.779. The Balaban J connectivity index is 1.41. The highest BCUT2D eigenvalue weighted by atomic mass is 35.5. The standard InChI is InChI=1S/C25H30ClN5O2/c1-31-23(11-14-29-31)22-16-21(30-25(32)28-17-18-5-7-19(26)8-6-18)9-10-24(22)33-15-12-20-4-2-3-13-27-20/h5-11,14,16,20,27H,2-4,12-13,15,17H2,1H3,(H2,28,30,32). The quantitative estimate of drug-likeness (QED) is 0.436. The van der Waals surface area contributed by atoms with E-state index in [2.05, 4.69) is 21.0 Å². The fraction of sp³-hybridized carbons (Fsp3) is 0.360. The van der Waals surface area contributed by atoms with Crippen LogP contribution in [0.3, 0.4) is 0 Å². The fourth-order valence-electron chi connectivity index (χ4n) is 4.01. The number of aromatic nitrogens is 2. The Labute approximate surface area is 199 Å². The minimum Gasteiger partial charge on any atom is -0.493 e. The molecule has 3 N–H and O–H groups in total. The summed E-state index contributed by atoms with van der Waals surface area (Å²) in [6, 6.07) is 15.3. The second kappa shape index (κ2) is 11.2. The maximum absolute atomic E-state index is 12.4. The summed E-state index contributed by atoms with van der Waals surface area (Å²) in [5, 5.41) is 14.3. The van der Waals surface area contributed by atoms with Crippen LogP contribution in [0.1, 0.15) is 31.2 Å². The zero-order chi connectivity index (χ0) is 23.0. The lowest BCUT2D eigenvalue weighted by molar-refractivity contribution is 0.251. The summed E-state index contributed by atoms with van der Waals surface area (Å²) in [5.41, 5.74) is 3.47. The Kier molecular flexibility index (Phi) is 7.86. The lowest BCUT2D eigenvalue weighted by Gasteiger charge is -2.23. The molecule has 1 saturated heterocycles. The molecule has 0 saturated carbocycles. The number of carbonyl (C=O) groups is 1. The largest absolute Gasteiger partial charge is 0.493 e. The molecule has 1 atom stereocenters. The van der Waals surface area contributed by atoms with Crippen LogP contribution in [0.15, 0.2) is 54.7 Å². The van der Waals surface area contributed by atoms with Gasteiger partial charge in [-0.3, -0.25) is 4.68 Å². The zero-order valence-corrected chi connectivity index (χ0v) is 19.6. The summed E-state index contributed by atoms with van der Waals surface area (Å²) in [6.07, 6.45) is 6.45. The van der Waals surface area contributed by atoms with Crippen molar-refractivity contribution in [2.75, 3.05) is 18.5 Å². The number of benzene rings is 2. The topological polar surface area (TPSA) is 80.2 Å². The van der Waals surface area contributed by atoms with Gasteiger partial charge in [-0.2, -0.15) is 5.10 Å². The lowest BCUT2D eigenvalue weighted by Crippen LogP contribution is -2.35. The van der Waals surface area contributed by atoms with Gasteiger partial charge in [0, 0.05) is 42.1 Å². The van der Waals surface area contributed by atoms with Crippen molar-refractivity contribution in [3.05, 3.63) is 65.3 Å². The van der Waals surface area contributed by atoms with Crippen LogP contribution in [0.2, 0.25) is 5.02 Å². The van der Waals surface area contributed by atoms with Gasteiger partial charge >= 0.3 is 6.03 Å². The molecule has 4 rings (SSSR count). The SMILES string of the molecule is Cn1nccc1-c1cc(NC(=O)NCc2ccc(Cl)cc2)ccc1OCCC1CCCCN1. The van der Waals surface area contributed by atoms with Crippen LogP contribution in [0.5, 0.6) is 5.75 Å².